The first kappa shape index (κ1) is 34.1. The smallest absolute Gasteiger partial charge is 0.315 e. The second-order valence-corrected chi connectivity index (χ2v) is 13.0. The molecule has 4 amide bonds. The molecule has 1 N–H and O–H groups in total. The van der Waals surface area contributed by atoms with Crippen molar-refractivity contribution in [1.29, 1.82) is 0 Å². The van der Waals surface area contributed by atoms with Gasteiger partial charge in [-0.05, 0) is 75.1 Å². The number of nitrogens with one attached hydrogen (secondary N) is 1. The number of carbonyl (C=O) groups excluding carboxylic acids is 4. The molecular weight excluding hydrogens is 661 g/mol. The number of imidazole rings is 1. The SMILES string of the molecule is CC(C)N(CCCNCCN1C(=O)c2cccc3cc(C(F)(F)F)cc(c23)C1=O)CCN1C(=O)c2cccc3c(-n4ccnc4)ccc(c23)C1=O. The number of nitrogens with zero attached hydrogens (tertiary/aromatic N) is 5. The summed E-state index contributed by atoms with van der Waals surface area (Å²) in [6, 6.07) is 15.5. The van der Waals surface area contributed by atoms with E-state index in [0.717, 1.165) is 28.1 Å². The van der Waals surface area contributed by atoms with E-state index in [1.807, 2.05) is 42.8 Å². The number of amides is 4. The van der Waals surface area contributed by atoms with Crippen molar-refractivity contribution in [3.05, 3.63) is 107 Å². The van der Waals surface area contributed by atoms with Gasteiger partial charge in [0.2, 0.25) is 0 Å². The third-order valence-electron chi connectivity index (χ3n) is 9.66. The van der Waals surface area contributed by atoms with E-state index >= 15 is 0 Å². The van der Waals surface area contributed by atoms with Crippen molar-refractivity contribution in [3.63, 3.8) is 0 Å². The van der Waals surface area contributed by atoms with Gasteiger partial charge in [0.15, 0.2) is 0 Å². The maximum Gasteiger partial charge on any atom is 0.416 e. The van der Waals surface area contributed by atoms with Crippen molar-refractivity contribution in [2.24, 2.45) is 0 Å². The summed E-state index contributed by atoms with van der Waals surface area (Å²) in [6.07, 6.45) is 1.22. The number of imide groups is 2. The molecule has 0 radical (unpaired) electrons. The Balaban J connectivity index is 0.943. The molecule has 3 heterocycles. The van der Waals surface area contributed by atoms with E-state index in [4.69, 9.17) is 0 Å². The molecule has 2 aliphatic rings. The van der Waals surface area contributed by atoms with E-state index < -0.39 is 23.6 Å². The summed E-state index contributed by atoms with van der Waals surface area (Å²) >= 11 is 0. The number of hydrogen-bond acceptors (Lipinski definition) is 7. The van der Waals surface area contributed by atoms with Crippen molar-refractivity contribution < 1.29 is 32.3 Å². The van der Waals surface area contributed by atoms with Gasteiger partial charge in [-0.3, -0.25) is 33.9 Å². The van der Waals surface area contributed by atoms with Crippen molar-refractivity contribution in [2.45, 2.75) is 32.5 Å². The van der Waals surface area contributed by atoms with Crippen LogP contribution in [0.25, 0.3) is 27.2 Å². The summed E-state index contributed by atoms with van der Waals surface area (Å²) in [5.74, 6) is -1.95. The molecule has 51 heavy (non-hydrogen) atoms. The summed E-state index contributed by atoms with van der Waals surface area (Å²) in [5.41, 5.74) is 0.931. The number of benzene rings is 4. The van der Waals surface area contributed by atoms with Gasteiger partial charge >= 0.3 is 6.18 Å². The molecule has 5 aromatic rings. The molecule has 0 atom stereocenters. The van der Waals surface area contributed by atoms with Crippen LogP contribution >= 0.6 is 0 Å². The highest BCUT2D eigenvalue weighted by atomic mass is 19.4. The van der Waals surface area contributed by atoms with Crippen LogP contribution in [0.4, 0.5) is 13.2 Å². The maximum absolute atomic E-state index is 13.6. The standard InChI is InChI=1S/C38H35F3N6O4/c1-23(2)44(18-19-47-35(49)28-9-4-7-26-31(45-16-13-43-22-45)11-10-29(33(26)28)36(47)50)15-5-12-42-14-17-46-34(48)27-8-3-6-24-20-25(38(39,40)41)21-30(32(24)27)37(46)51/h3-4,6-11,13,16,20-23,42H,5,12,14-15,17-19H2,1-2H3. The van der Waals surface area contributed by atoms with E-state index in [1.54, 1.807) is 24.7 Å². The van der Waals surface area contributed by atoms with E-state index in [2.05, 4.69) is 15.2 Å². The van der Waals surface area contributed by atoms with E-state index in [0.29, 0.717) is 42.6 Å². The molecule has 10 nitrogen and oxygen atoms in total. The monoisotopic (exact) mass is 696 g/mol. The Kier molecular flexibility index (Phi) is 8.94. The largest absolute Gasteiger partial charge is 0.416 e. The van der Waals surface area contributed by atoms with Crippen LogP contribution in [0.15, 0.2) is 79.4 Å². The molecule has 13 heteroatoms. The first-order chi connectivity index (χ1) is 24.5. The van der Waals surface area contributed by atoms with Crippen molar-refractivity contribution in [2.75, 3.05) is 39.3 Å². The van der Waals surface area contributed by atoms with E-state index in [-0.39, 0.29) is 59.4 Å². The Labute approximate surface area is 291 Å². The maximum atomic E-state index is 13.6. The zero-order chi connectivity index (χ0) is 36.0. The van der Waals surface area contributed by atoms with Crippen LogP contribution in [0.1, 0.15) is 67.3 Å². The van der Waals surface area contributed by atoms with Crippen molar-refractivity contribution >= 4 is 45.2 Å². The van der Waals surface area contributed by atoms with Gasteiger partial charge in [-0.25, -0.2) is 4.98 Å². The number of halogens is 3. The zero-order valence-electron chi connectivity index (χ0n) is 28.0. The topological polar surface area (TPSA) is 108 Å². The van der Waals surface area contributed by atoms with Gasteiger partial charge in [0, 0.05) is 83.0 Å². The molecule has 0 spiro atoms. The highest BCUT2D eigenvalue weighted by molar-refractivity contribution is 6.27. The first-order valence-electron chi connectivity index (χ1n) is 16.8. The number of carbonyl (C=O) groups is 4. The molecule has 0 bridgehead atoms. The lowest BCUT2D eigenvalue weighted by Gasteiger charge is -2.32. The third kappa shape index (κ3) is 6.16. The lowest BCUT2D eigenvalue weighted by Crippen LogP contribution is -2.46. The minimum atomic E-state index is -4.64. The Morgan fingerprint density at radius 1 is 0.765 bits per heavy atom. The predicted octanol–water partition coefficient (Wildman–Crippen LogP) is 5.78. The van der Waals surface area contributed by atoms with Crippen LogP contribution in [0.2, 0.25) is 0 Å². The van der Waals surface area contributed by atoms with Gasteiger partial charge in [0.25, 0.3) is 23.6 Å². The van der Waals surface area contributed by atoms with Crippen LogP contribution in [0.5, 0.6) is 0 Å². The van der Waals surface area contributed by atoms with Crippen molar-refractivity contribution in [1.82, 2.24) is 29.6 Å². The molecule has 0 saturated heterocycles. The Bertz CT molecular complexity index is 2180. The molecule has 0 saturated carbocycles. The summed E-state index contributed by atoms with van der Waals surface area (Å²) in [6.45, 7) is 6.20. The molecule has 1 aromatic heterocycles. The highest BCUT2D eigenvalue weighted by Gasteiger charge is 2.37. The average molecular weight is 697 g/mol. The Morgan fingerprint density at radius 3 is 2.12 bits per heavy atom. The quantitative estimate of drug-likeness (QED) is 0.130. The van der Waals surface area contributed by atoms with Gasteiger partial charge in [0.1, 0.15) is 0 Å². The molecule has 0 fully saturated rings. The second kappa shape index (κ2) is 13.4. The van der Waals surface area contributed by atoms with Crippen LogP contribution in [0, 0.1) is 0 Å². The van der Waals surface area contributed by atoms with E-state index in [1.165, 1.54) is 23.1 Å². The summed E-state index contributed by atoms with van der Waals surface area (Å²) in [7, 11) is 0. The zero-order valence-corrected chi connectivity index (χ0v) is 28.0. The fraction of sp³-hybridized carbons (Fsp3) is 0.289. The lowest BCUT2D eigenvalue weighted by atomic mass is 9.92. The van der Waals surface area contributed by atoms with E-state index in [9.17, 15) is 32.3 Å². The fourth-order valence-corrected chi connectivity index (χ4v) is 7.06. The van der Waals surface area contributed by atoms with Crippen LogP contribution < -0.4 is 5.32 Å². The summed E-state index contributed by atoms with van der Waals surface area (Å²) in [5, 5.41) is 5.11. The Hall–Kier alpha value is -5.40. The van der Waals surface area contributed by atoms with Gasteiger partial charge in [-0.2, -0.15) is 13.2 Å². The van der Waals surface area contributed by atoms with Gasteiger partial charge < -0.3 is 9.88 Å². The van der Waals surface area contributed by atoms with Crippen molar-refractivity contribution in [3.8, 4) is 5.69 Å². The average Bonchev–Trinajstić information content (AvgIpc) is 3.65. The third-order valence-corrected chi connectivity index (χ3v) is 9.66. The predicted molar refractivity (Wildman–Crippen MR) is 185 cm³/mol. The molecule has 7 rings (SSSR count). The highest BCUT2D eigenvalue weighted by Crippen LogP contribution is 2.37. The van der Waals surface area contributed by atoms with Crippen LogP contribution in [-0.4, -0.2) is 93.2 Å². The number of alkyl halides is 3. The summed E-state index contributed by atoms with van der Waals surface area (Å²) in [4.78, 5) is 62.3. The van der Waals surface area contributed by atoms with Gasteiger partial charge in [0.05, 0.1) is 17.6 Å². The number of hydrogen-bond donors (Lipinski definition) is 1. The van der Waals surface area contributed by atoms with Crippen LogP contribution in [-0.2, 0) is 6.18 Å². The molecule has 4 aromatic carbocycles. The molecule has 262 valence electrons. The summed E-state index contributed by atoms with van der Waals surface area (Å²) < 4.78 is 42.5. The van der Waals surface area contributed by atoms with Gasteiger partial charge in [-0.15, -0.1) is 0 Å². The lowest BCUT2D eigenvalue weighted by molar-refractivity contribution is -0.137. The molecule has 0 unspecified atom stereocenters. The number of aromatic nitrogens is 2. The minimum absolute atomic E-state index is 0.00510. The normalized spacial score (nSPS) is 14.6. The fourth-order valence-electron chi connectivity index (χ4n) is 7.06. The minimum Gasteiger partial charge on any atom is -0.315 e. The molecular formula is C38H35F3N6O4. The van der Waals surface area contributed by atoms with Gasteiger partial charge in [-0.1, -0.05) is 24.3 Å². The van der Waals surface area contributed by atoms with Crippen LogP contribution in [0.3, 0.4) is 0 Å². The molecule has 0 aliphatic carbocycles. The number of rotatable bonds is 12. The second-order valence-electron chi connectivity index (χ2n) is 13.0. The Morgan fingerprint density at radius 2 is 1.43 bits per heavy atom. The first-order valence-corrected chi connectivity index (χ1v) is 16.8. The molecule has 2 aliphatic heterocycles.